The van der Waals surface area contributed by atoms with Gasteiger partial charge >= 0.3 is 0 Å². The molecule has 0 aromatic heterocycles. The van der Waals surface area contributed by atoms with Crippen LogP contribution in [0.1, 0.15) is 32.6 Å². The van der Waals surface area contributed by atoms with Crippen LogP contribution >= 0.6 is 22.6 Å². The van der Waals surface area contributed by atoms with Gasteiger partial charge in [0.15, 0.2) is 0 Å². The minimum absolute atomic E-state index is 0.0498. The highest BCUT2D eigenvalue weighted by atomic mass is 127. The summed E-state index contributed by atoms with van der Waals surface area (Å²) >= 11 is 1.56. The van der Waals surface area contributed by atoms with Gasteiger partial charge in [-0.05, 0) is 53.5 Å². The summed E-state index contributed by atoms with van der Waals surface area (Å²) in [4.78, 5) is 23.7. The van der Waals surface area contributed by atoms with Crippen molar-refractivity contribution in [2.75, 3.05) is 5.32 Å². The van der Waals surface area contributed by atoms with Crippen molar-refractivity contribution in [3.8, 4) is 0 Å². The fraction of sp³-hybridized carbons (Fsp3) is 0.467. The van der Waals surface area contributed by atoms with Crippen LogP contribution in [0.2, 0.25) is 0 Å². The van der Waals surface area contributed by atoms with Crippen LogP contribution in [0.4, 0.5) is 14.5 Å². The first kappa shape index (κ1) is 17.1. The van der Waals surface area contributed by atoms with Gasteiger partial charge in [0.25, 0.3) is 0 Å². The highest BCUT2D eigenvalue weighted by molar-refractivity contribution is 14.1. The van der Waals surface area contributed by atoms with Crippen molar-refractivity contribution < 1.29 is 18.4 Å². The first-order valence-corrected chi connectivity index (χ1v) is 8.19. The second-order valence-corrected chi connectivity index (χ2v) is 6.54. The van der Waals surface area contributed by atoms with Crippen LogP contribution in [0, 0.1) is 21.1 Å². The third kappa shape index (κ3) is 4.15. The van der Waals surface area contributed by atoms with Crippen LogP contribution in [-0.2, 0) is 9.59 Å². The first-order valence-electron chi connectivity index (χ1n) is 7.11. The van der Waals surface area contributed by atoms with Crippen molar-refractivity contribution in [2.45, 2.75) is 38.6 Å². The number of halogens is 3. The minimum Gasteiger partial charge on any atom is -0.344 e. The number of hydrogen-bond acceptors (Lipinski definition) is 2. The molecule has 7 heteroatoms. The number of carbonyl (C=O) groups excluding carboxylic acids is 2. The standard InChI is InChI=1S/C15H17F2IN2O2/c1-8(21)19-14(9-4-2-3-5-9)15(22)20-10-6-11(16)13(18)12(17)7-10/h6-7,9,14H,2-5H2,1H3,(H,19,21)(H,20,22). The van der Waals surface area contributed by atoms with Crippen LogP contribution in [0.25, 0.3) is 0 Å². The summed E-state index contributed by atoms with van der Waals surface area (Å²) < 4.78 is 26.9. The van der Waals surface area contributed by atoms with Crippen molar-refractivity contribution in [1.82, 2.24) is 5.32 Å². The van der Waals surface area contributed by atoms with Crippen molar-refractivity contribution in [3.63, 3.8) is 0 Å². The molecule has 120 valence electrons. The molecule has 0 aliphatic heterocycles. The molecule has 1 aliphatic rings. The maximum Gasteiger partial charge on any atom is 0.247 e. The lowest BCUT2D eigenvalue weighted by atomic mass is 9.97. The zero-order valence-corrected chi connectivity index (χ0v) is 14.2. The fourth-order valence-electron chi connectivity index (χ4n) is 2.75. The number of anilines is 1. The molecule has 0 spiro atoms. The van der Waals surface area contributed by atoms with Crippen LogP contribution in [0.15, 0.2) is 12.1 Å². The second-order valence-electron chi connectivity index (χ2n) is 5.47. The topological polar surface area (TPSA) is 58.2 Å². The summed E-state index contributed by atoms with van der Waals surface area (Å²) in [5, 5.41) is 5.14. The lowest BCUT2D eigenvalue weighted by Crippen LogP contribution is -2.47. The Hall–Kier alpha value is -1.25. The molecule has 1 unspecified atom stereocenters. The van der Waals surface area contributed by atoms with E-state index in [4.69, 9.17) is 0 Å². The number of benzene rings is 1. The minimum atomic E-state index is -0.729. The van der Waals surface area contributed by atoms with Crippen LogP contribution in [0.3, 0.4) is 0 Å². The van der Waals surface area contributed by atoms with Crippen molar-refractivity contribution in [1.29, 1.82) is 0 Å². The molecule has 1 aliphatic carbocycles. The highest BCUT2D eigenvalue weighted by Crippen LogP contribution is 2.29. The number of carbonyl (C=O) groups is 2. The molecule has 1 saturated carbocycles. The van der Waals surface area contributed by atoms with Crippen LogP contribution in [0.5, 0.6) is 0 Å². The molecule has 1 fully saturated rings. The van der Waals surface area contributed by atoms with E-state index in [1.807, 2.05) is 0 Å². The molecule has 1 aromatic rings. The Morgan fingerprint density at radius 2 is 1.77 bits per heavy atom. The van der Waals surface area contributed by atoms with Crippen molar-refractivity contribution >= 4 is 40.1 Å². The van der Waals surface area contributed by atoms with E-state index >= 15 is 0 Å². The third-order valence-electron chi connectivity index (χ3n) is 3.76. The largest absolute Gasteiger partial charge is 0.344 e. The summed E-state index contributed by atoms with van der Waals surface area (Å²) in [7, 11) is 0. The zero-order chi connectivity index (χ0) is 16.3. The Balaban J connectivity index is 2.15. The summed E-state index contributed by atoms with van der Waals surface area (Å²) in [6.07, 6.45) is 3.74. The Morgan fingerprint density at radius 1 is 1.23 bits per heavy atom. The van der Waals surface area contributed by atoms with Crippen LogP contribution < -0.4 is 10.6 Å². The molecule has 2 amide bonds. The SMILES string of the molecule is CC(=O)NC(C(=O)Nc1cc(F)c(I)c(F)c1)C1CCCC1. The molecule has 0 heterocycles. The normalized spacial score (nSPS) is 16.4. The van der Waals surface area contributed by atoms with Gasteiger partial charge in [0.05, 0.1) is 3.57 Å². The van der Waals surface area contributed by atoms with Gasteiger partial charge in [0.2, 0.25) is 11.8 Å². The average molecular weight is 422 g/mol. The first-order chi connectivity index (χ1) is 10.4. The van der Waals surface area contributed by atoms with Gasteiger partial charge in [0.1, 0.15) is 17.7 Å². The smallest absolute Gasteiger partial charge is 0.247 e. The molecule has 4 nitrogen and oxygen atoms in total. The third-order valence-corrected chi connectivity index (χ3v) is 4.79. The number of nitrogens with one attached hydrogen (secondary N) is 2. The van der Waals surface area contributed by atoms with Gasteiger partial charge in [-0.3, -0.25) is 9.59 Å². The van der Waals surface area contributed by atoms with Crippen molar-refractivity contribution in [2.24, 2.45) is 5.92 Å². The lowest BCUT2D eigenvalue weighted by Gasteiger charge is -2.23. The molecule has 0 bridgehead atoms. The molecule has 1 atom stereocenters. The quantitative estimate of drug-likeness (QED) is 0.579. The van der Waals surface area contributed by atoms with E-state index in [1.54, 1.807) is 22.6 Å². The predicted molar refractivity (Wildman–Crippen MR) is 87.3 cm³/mol. The van der Waals surface area contributed by atoms with Crippen LogP contribution in [-0.4, -0.2) is 17.9 Å². The Labute approximate surface area is 141 Å². The maximum absolute atomic E-state index is 13.5. The average Bonchev–Trinajstić information content (AvgIpc) is 2.95. The molecule has 2 rings (SSSR count). The van der Waals surface area contributed by atoms with E-state index in [2.05, 4.69) is 10.6 Å². The fourth-order valence-corrected chi connectivity index (χ4v) is 3.07. The van der Waals surface area contributed by atoms with Gasteiger partial charge < -0.3 is 10.6 Å². The van der Waals surface area contributed by atoms with E-state index < -0.39 is 23.6 Å². The zero-order valence-electron chi connectivity index (χ0n) is 12.1. The Morgan fingerprint density at radius 3 is 2.27 bits per heavy atom. The summed E-state index contributed by atoms with van der Waals surface area (Å²) in [5.74, 6) is -2.14. The van der Waals surface area contributed by atoms with E-state index in [1.165, 1.54) is 6.92 Å². The monoisotopic (exact) mass is 422 g/mol. The molecule has 0 radical (unpaired) electrons. The lowest BCUT2D eigenvalue weighted by molar-refractivity contribution is -0.126. The van der Waals surface area contributed by atoms with Crippen molar-refractivity contribution in [3.05, 3.63) is 27.3 Å². The highest BCUT2D eigenvalue weighted by Gasteiger charge is 2.31. The van der Waals surface area contributed by atoms with Gasteiger partial charge in [-0.1, -0.05) is 12.8 Å². The van der Waals surface area contributed by atoms with E-state index in [0.717, 1.165) is 37.8 Å². The van der Waals surface area contributed by atoms with E-state index in [9.17, 15) is 18.4 Å². The molecule has 22 heavy (non-hydrogen) atoms. The van der Waals surface area contributed by atoms with Gasteiger partial charge in [-0.2, -0.15) is 0 Å². The second kappa shape index (κ2) is 7.34. The summed E-state index contributed by atoms with van der Waals surface area (Å²) in [6.45, 7) is 1.35. The summed E-state index contributed by atoms with van der Waals surface area (Å²) in [5.41, 5.74) is 0.0498. The van der Waals surface area contributed by atoms with Gasteiger partial charge in [0, 0.05) is 12.6 Å². The molecule has 2 N–H and O–H groups in total. The number of rotatable bonds is 4. The van der Waals surface area contributed by atoms with Gasteiger partial charge in [-0.15, -0.1) is 0 Å². The van der Waals surface area contributed by atoms with E-state index in [-0.39, 0.29) is 21.1 Å². The Bertz CT molecular complexity index is 566. The maximum atomic E-state index is 13.5. The van der Waals surface area contributed by atoms with Gasteiger partial charge in [-0.25, -0.2) is 8.78 Å². The molecular weight excluding hydrogens is 405 g/mol. The summed E-state index contributed by atoms with van der Waals surface area (Å²) in [6, 6.07) is 1.47. The Kier molecular flexibility index (Phi) is 5.71. The number of hydrogen-bond donors (Lipinski definition) is 2. The predicted octanol–water partition coefficient (Wildman–Crippen LogP) is 3.20. The number of amides is 2. The molecule has 0 saturated heterocycles. The van der Waals surface area contributed by atoms with E-state index in [0.29, 0.717) is 0 Å². The molecular formula is C15H17F2IN2O2. The molecule has 1 aromatic carbocycles.